The Labute approximate surface area is 119 Å². The summed E-state index contributed by atoms with van der Waals surface area (Å²) in [6.45, 7) is 0. The summed E-state index contributed by atoms with van der Waals surface area (Å²) >= 11 is 6.03. The van der Waals surface area contributed by atoms with Crippen LogP contribution in [-0.2, 0) is 6.18 Å². The molecule has 1 unspecified atom stereocenters. The first kappa shape index (κ1) is 14.8. The fourth-order valence-electron chi connectivity index (χ4n) is 2.11. The van der Waals surface area contributed by atoms with Crippen molar-refractivity contribution in [3.8, 4) is 0 Å². The highest BCUT2D eigenvalue weighted by Gasteiger charge is 2.35. The fourth-order valence-corrected chi connectivity index (χ4v) is 2.33. The van der Waals surface area contributed by atoms with E-state index < -0.39 is 17.8 Å². The molecule has 106 valence electrons. The Morgan fingerprint density at radius 3 is 2.45 bits per heavy atom. The lowest BCUT2D eigenvalue weighted by Gasteiger charge is -2.22. The van der Waals surface area contributed by atoms with Crippen LogP contribution in [0.3, 0.4) is 0 Å². The maximum Gasteiger partial charge on any atom is 0.416 e. The minimum Gasteiger partial charge on any atom is -0.309 e. The lowest BCUT2D eigenvalue weighted by Crippen LogP contribution is -2.22. The molecule has 0 amide bonds. The van der Waals surface area contributed by atoms with Crippen molar-refractivity contribution >= 4 is 11.6 Å². The molecule has 0 spiro atoms. The molecule has 1 heterocycles. The van der Waals surface area contributed by atoms with Crippen LogP contribution in [0.2, 0.25) is 5.02 Å². The second kappa shape index (κ2) is 5.81. The van der Waals surface area contributed by atoms with Gasteiger partial charge in [0.15, 0.2) is 0 Å². The summed E-state index contributed by atoms with van der Waals surface area (Å²) in [6, 6.07) is 6.41. The molecule has 0 aliphatic carbocycles. The molecule has 1 N–H and O–H groups in total. The zero-order valence-electron chi connectivity index (χ0n) is 10.6. The van der Waals surface area contributed by atoms with Gasteiger partial charge in [-0.15, -0.1) is 0 Å². The number of pyridine rings is 1. The first-order valence-corrected chi connectivity index (χ1v) is 6.25. The lowest BCUT2D eigenvalue weighted by molar-refractivity contribution is -0.138. The molecule has 0 bridgehead atoms. The number of hydrogen-bond acceptors (Lipinski definition) is 2. The van der Waals surface area contributed by atoms with Crippen molar-refractivity contribution < 1.29 is 13.2 Å². The van der Waals surface area contributed by atoms with Crippen LogP contribution in [0.15, 0.2) is 42.7 Å². The number of aromatic nitrogens is 1. The normalized spacial score (nSPS) is 13.2. The third kappa shape index (κ3) is 2.94. The van der Waals surface area contributed by atoms with Gasteiger partial charge in [0.1, 0.15) is 0 Å². The van der Waals surface area contributed by atoms with E-state index in [4.69, 9.17) is 11.6 Å². The molecule has 0 fully saturated rings. The van der Waals surface area contributed by atoms with E-state index in [0.717, 1.165) is 6.07 Å². The maximum absolute atomic E-state index is 13.1. The number of nitrogens with zero attached hydrogens (tertiary/aromatic N) is 1. The summed E-state index contributed by atoms with van der Waals surface area (Å²) in [5.74, 6) is 0. The molecule has 0 aliphatic heterocycles. The van der Waals surface area contributed by atoms with Gasteiger partial charge >= 0.3 is 6.18 Å². The number of benzene rings is 1. The van der Waals surface area contributed by atoms with Crippen molar-refractivity contribution in [2.75, 3.05) is 7.05 Å². The van der Waals surface area contributed by atoms with Gasteiger partial charge in [0, 0.05) is 12.4 Å². The molecule has 0 saturated carbocycles. The highest BCUT2D eigenvalue weighted by atomic mass is 35.5. The van der Waals surface area contributed by atoms with Gasteiger partial charge in [0.25, 0.3) is 0 Å². The molecule has 0 aliphatic rings. The van der Waals surface area contributed by atoms with Crippen LogP contribution < -0.4 is 5.32 Å². The Kier molecular flexibility index (Phi) is 4.30. The number of alkyl halides is 3. The third-order valence-electron chi connectivity index (χ3n) is 2.98. The summed E-state index contributed by atoms with van der Waals surface area (Å²) in [7, 11) is 1.59. The summed E-state index contributed by atoms with van der Waals surface area (Å²) < 4.78 is 39.3. The van der Waals surface area contributed by atoms with Gasteiger partial charge in [-0.05, 0) is 30.3 Å². The van der Waals surface area contributed by atoms with Crippen LogP contribution in [0.1, 0.15) is 22.7 Å². The molecular weight excluding hydrogens is 289 g/mol. The van der Waals surface area contributed by atoms with Crippen LogP contribution in [0.25, 0.3) is 0 Å². The largest absolute Gasteiger partial charge is 0.416 e. The molecule has 2 rings (SSSR count). The fraction of sp³-hybridized carbons (Fsp3) is 0.214. The molecule has 1 atom stereocenters. The predicted octanol–water partition coefficient (Wildman–Crippen LogP) is 4.06. The Morgan fingerprint density at radius 2 is 1.85 bits per heavy atom. The second-order valence-corrected chi connectivity index (χ2v) is 4.61. The van der Waals surface area contributed by atoms with E-state index >= 15 is 0 Å². The number of hydrogen-bond donors (Lipinski definition) is 1. The lowest BCUT2D eigenvalue weighted by atomic mass is 9.95. The van der Waals surface area contributed by atoms with Gasteiger partial charge in [-0.3, -0.25) is 4.98 Å². The monoisotopic (exact) mass is 300 g/mol. The van der Waals surface area contributed by atoms with E-state index in [1.807, 2.05) is 0 Å². The second-order valence-electron chi connectivity index (χ2n) is 4.20. The van der Waals surface area contributed by atoms with Crippen molar-refractivity contribution in [1.82, 2.24) is 10.3 Å². The molecule has 20 heavy (non-hydrogen) atoms. The Morgan fingerprint density at radius 1 is 1.15 bits per heavy atom. The van der Waals surface area contributed by atoms with E-state index in [2.05, 4.69) is 10.3 Å². The highest BCUT2D eigenvalue weighted by molar-refractivity contribution is 6.31. The molecule has 2 nitrogen and oxygen atoms in total. The van der Waals surface area contributed by atoms with Crippen molar-refractivity contribution in [3.63, 3.8) is 0 Å². The molecule has 2 aromatic rings. The topological polar surface area (TPSA) is 24.9 Å². The van der Waals surface area contributed by atoms with E-state index in [-0.39, 0.29) is 5.56 Å². The summed E-state index contributed by atoms with van der Waals surface area (Å²) in [6.07, 6.45) is -1.50. The molecule has 6 heteroatoms. The van der Waals surface area contributed by atoms with Gasteiger partial charge in [-0.1, -0.05) is 29.8 Å². The zero-order chi connectivity index (χ0) is 14.8. The van der Waals surface area contributed by atoms with Crippen LogP contribution in [0.4, 0.5) is 13.2 Å². The number of rotatable bonds is 3. The van der Waals surface area contributed by atoms with Crippen molar-refractivity contribution in [3.05, 3.63) is 64.4 Å². The van der Waals surface area contributed by atoms with Crippen molar-refractivity contribution in [2.45, 2.75) is 12.2 Å². The first-order valence-electron chi connectivity index (χ1n) is 5.88. The first-order chi connectivity index (χ1) is 9.45. The molecule has 0 radical (unpaired) electrons. The van der Waals surface area contributed by atoms with E-state index in [9.17, 15) is 13.2 Å². The average molecular weight is 301 g/mol. The van der Waals surface area contributed by atoms with Crippen LogP contribution in [0.5, 0.6) is 0 Å². The Balaban J connectivity index is 2.57. The summed E-state index contributed by atoms with van der Waals surface area (Å²) in [4.78, 5) is 3.84. The average Bonchev–Trinajstić information content (AvgIpc) is 2.41. The van der Waals surface area contributed by atoms with E-state index in [1.54, 1.807) is 19.2 Å². The standard InChI is InChI=1S/C14H12ClF3N2/c1-19-13(10-6-7-20-8-12(10)15)9-4-2-3-5-11(9)14(16,17)18/h2-8,13,19H,1H3. The number of halogens is 4. The van der Waals surface area contributed by atoms with Crippen LogP contribution >= 0.6 is 11.6 Å². The molecular formula is C14H12ClF3N2. The van der Waals surface area contributed by atoms with Crippen molar-refractivity contribution in [1.29, 1.82) is 0 Å². The smallest absolute Gasteiger partial charge is 0.309 e. The Hall–Kier alpha value is -1.59. The summed E-state index contributed by atoms with van der Waals surface area (Å²) in [5, 5.41) is 3.20. The quantitative estimate of drug-likeness (QED) is 0.924. The highest BCUT2D eigenvalue weighted by Crippen LogP contribution is 2.37. The molecule has 1 aromatic heterocycles. The van der Waals surface area contributed by atoms with E-state index in [1.165, 1.54) is 24.5 Å². The minimum absolute atomic E-state index is 0.135. The SMILES string of the molecule is CNC(c1ccncc1Cl)c1ccccc1C(F)(F)F. The van der Waals surface area contributed by atoms with Gasteiger partial charge in [-0.25, -0.2) is 0 Å². The zero-order valence-corrected chi connectivity index (χ0v) is 11.3. The number of nitrogens with one attached hydrogen (secondary N) is 1. The van der Waals surface area contributed by atoms with Crippen LogP contribution in [-0.4, -0.2) is 12.0 Å². The van der Waals surface area contributed by atoms with Crippen molar-refractivity contribution in [2.24, 2.45) is 0 Å². The van der Waals surface area contributed by atoms with E-state index in [0.29, 0.717) is 10.6 Å². The molecule has 0 saturated heterocycles. The minimum atomic E-state index is -4.41. The molecule has 1 aromatic carbocycles. The summed E-state index contributed by atoms with van der Waals surface area (Å²) in [5.41, 5.74) is 0.0173. The predicted molar refractivity (Wildman–Crippen MR) is 71.6 cm³/mol. The van der Waals surface area contributed by atoms with Crippen LogP contribution in [0, 0.1) is 0 Å². The maximum atomic E-state index is 13.1. The van der Waals surface area contributed by atoms with Gasteiger partial charge in [0.05, 0.1) is 16.6 Å². The third-order valence-corrected chi connectivity index (χ3v) is 3.30. The van der Waals surface area contributed by atoms with Gasteiger partial charge in [-0.2, -0.15) is 13.2 Å². The van der Waals surface area contributed by atoms with Gasteiger partial charge < -0.3 is 5.32 Å². The van der Waals surface area contributed by atoms with Gasteiger partial charge in [0.2, 0.25) is 0 Å². The Bertz CT molecular complexity index is 599.